The van der Waals surface area contributed by atoms with Gasteiger partial charge in [0.05, 0.1) is 28.0 Å². The van der Waals surface area contributed by atoms with Gasteiger partial charge in [-0.05, 0) is 86.0 Å². The number of carbonyl (C=O) groups is 2. The molecule has 0 bridgehead atoms. The molecular weight excluding hydrogens is 600 g/mol. The van der Waals surface area contributed by atoms with Crippen molar-refractivity contribution < 1.29 is 19.1 Å². The molecule has 7 rings (SSSR count). The molecule has 1 unspecified atom stereocenters. The van der Waals surface area contributed by atoms with Crippen LogP contribution in [-0.2, 0) is 6.61 Å². The summed E-state index contributed by atoms with van der Waals surface area (Å²) in [6, 6.07) is 23.9. The maximum absolute atomic E-state index is 13.6. The third kappa shape index (κ3) is 5.72. The predicted molar refractivity (Wildman–Crippen MR) is 177 cm³/mol. The van der Waals surface area contributed by atoms with Gasteiger partial charge in [0, 0.05) is 18.8 Å². The molecule has 3 aromatic carbocycles. The Hall–Kier alpha value is -5.44. The molecule has 5 aromatic rings. The Bertz CT molecular complexity index is 2010. The Morgan fingerprint density at radius 1 is 1.11 bits per heavy atom. The summed E-state index contributed by atoms with van der Waals surface area (Å²) in [5.74, 6) is 1.57. The fraction of sp³-hybridized carbons (Fsp3) is 0.200. The zero-order chi connectivity index (χ0) is 31.6. The van der Waals surface area contributed by atoms with E-state index in [9.17, 15) is 14.9 Å². The van der Waals surface area contributed by atoms with E-state index in [0.717, 1.165) is 42.4 Å². The number of nitrogens with one attached hydrogen (secondary N) is 3. The number of benzene rings is 3. The number of nitriles is 1. The lowest BCUT2D eigenvalue weighted by atomic mass is 10.1. The zero-order valence-corrected chi connectivity index (χ0v) is 25.8. The van der Waals surface area contributed by atoms with Gasteiger partial charge in [-0.2, -0.15) is 5.26 Å². The van der Waals surface area contributed by atoms with E-state index in [1.54, 1.807) is 35.4 Å². The Balaban J connectivity index is 1.11. The van der Waals surface area contributed by atoms with Crippen LogP contribution in [0.5, 0.6) is 17.2 Å². The quantitative estimate of drug-likeness (QED) is 0.168. The first-order valence-corrected chi connectivity index (χ1v) is 15.8. The van der Waals surface area contributed by atoms with Gasteiger partial charge in [-0.3, -0.25) is 9.69 Å². The molecule has 2 aromatic heterocycles. The number of nitrogens with zero attached hydrogens (tertiary/aromatic N) is 3. The number of aromatic nitrogens is 1. The van der Waals surface area contributed by atoms with Crippen LogP contribution in [0, 0.1) is 18.3 Å². The van der Waals surface area contributed by atoms with Crippen molar-refractivity contribution in [2.75, 3.05) is 23.3 Å². The lowest BCUT2D eigenvalue weighted by Crippen LogP contribution is -2.45. The summed E-state index contributed by atoms with van der Waals surface area (Å²) in [5.41, 5.74) is 4.05. The molecule has 11 heteroatoms. The number of thiophene rings is 1. The highest BCUT2D eigenvalue weighted by Gasteiger charge is 2.33. The lowest BCUT2D eigenvalue weighted by Gasteiger charge is -2.30. The molecule has 1 atom stereocenters. The average Bonchev–Trinajstić information content (AvgIpc) is 3.45. The van der Waals surface area contributed by atoms with E-state index in [2.05, 4.69) is 27.0 Å². The van der Waals surface area contributed by atoms with Gasteiger partial charge in [-0.15, -0.1) is 11.3 Å². The Morgan fingerprint density at radius 3 is 2.80 bits per heavy atom. The van der Waals surface area contributed by atoms with E-state index in [-0.39, 0.29) is 24.6 Å². The Morgan fingerprint density at radius 2 is 1.98 bits per heavy atom. The normalized spacial score (nSPS) is 15.6. The molecular formula is C35H30N6O4S. The second-order valence-corrected chi connectivity index (χ2v) is 12.2. The van der Waals surface area contributed by atoms with Gasteiger partial charge in [-0.25, -0.2) is 9.78 Å². The highest BCUT2D eigenvalue weighted by molar-refractivity contribution is 7.21. The van der Waals surface area contributed by atoms with Gasteiger partial charge in [0.25, 0.3) is 5.91 Å². The minimum absolute atomic E-state index is 0.0491. The number of para-hydroxylation sites is 1. The largest absolute Gasteiger partial charge is 0.488 e. The second-order valence-electron chi connectivity index (χ2n) is 11.2. The highest BCUT2D eigenvalue weighted by Crippen LogP contribution is 2.46. The molecule has 1 fully saturated rings. The third-order valence-electron chi connectivity index (χ3n) is 8.03. The zero-order valence-electron chi connectivity index (χ0n) is 25.0. The van der Waals surface area contributed by atoms with Gasteiger partial charge in [0.2, 0.25) is 0 Å². The van der Waals surface area contributed by atoms with E-state index in [0.29, 0.717) is 49.6 Å². The molecule has 2 aliphatic rings. The van der Waals surface area contributed by atoms with E-state index in [1.807, 2.05) is 55.5 Å². The van der Waals surface area contributed by atoms with Crippen LogP contribution in [0.25, 0.3) is 10.2 Å². The molecule has 4 heterocycles. The molecule has 2 aliphatic heterocycles. The van der Waals surface area contributed by atoms with Crippen LogP contribution in [0.4, 0.5) is 21.9 Å². The van der Waals surface area contributed by atoms with Crippen molar-refractivity contribution in [3.05, 3.63) is 101 Å². The Labute approximate surface area is 269 Å². The van der Waals surface area contributed by atoms with E-state index in [1.165, 1.54) is 11.3 Å². The smallest absolute Gasteiger partial charge is 0.331 e. The number of carbonyl (C=O) groups excluding carboxylic acids is 2. The molecule has 3 N–H and O–H groups in total. The number of amides is 3. The molecule has 3 amide bonds. The number of ether oxygens (including phenoxy) is 2. The molecule has 0 radical (unpaired) electrons. The van der Waals surface area contributed by atoms with Crippen molar-refractivity contribution >= 4 is 50.6 Å². The van der Waals surface area contributed by atoms with Gasteiger partial charge >= 0.3 is 6.03 Å². The van der Waals surface area contributed by atoms with Crippen LogP contribution in [0.3, 0.4) is 0 Å². The van der Waals surface area contributed by atoms with Crippen LogP contribution < -0.4 is 30.3 Å². The monoisotopic (exact) mass is 630 g/mol. The van der Waals surface area contributed by atoms with Crippen molar-refractivity contribution in [1.82, 2.24) is 15.6 Å². The topological polar surface area (TPSA) is 129 Å². The molecule has 0 saturated carbocycles. The fourth-order valence-electron chi connectivity index (χ4n) is 5.83. The van der Waals surface area contributed by atoms with Crippen LogP contribution in [0.2, 0.25) is 0 Å². The molecule has 230 valence electrons. The number of pyridine rings is 1. The van der Waals surface area contributed by atoms with E-state index >= 15 is 0 Å². The summed E-state index contributed by atoms with van der Waals surface area (Å²) in [5, 5.41) is 19.5. The summed E-state index contributed by atoms with van der Waals surface area (Å²) in [7, 11) is 0. The van der Waals surface area contributed by atoms with Crippen molar-refractivity contribution in [1.29, 1.82) is 5.26 Å². The van der Waals surface area contributed by atoms with Crippen LogP contribution in [-0.4, -0.2) is 36.1 Å². The summed E-state index contributed by atoms with van der Waals surface area (Å²) in [4.78, 5) is 34.2. The minimum atomic E-state index is -0.353. The van der Waals surface area contributed by atoms with Crippen LogP contribution in [0.15, 0.2) is 79.0 Å². The molecule has 0 spiro atoms. The summed E-state index contributed by atoms with van der Waals surface area (Å²) >= 11 is 1.28. The molecule has 1 saturated heterocycles. The van der Waals surface area contributed by atoms with Crippen molar-refractivity contribution in [2.24, 2.45) is 0 Å². The maximum atomic E-state index is 13.6. The maximum Gasteiger partial charge on any atom is 0.331 e. The van der Waals surface area contributed by atoms with Gasteiger partial charge in [0.15, 0.2) is 0 Å². The average molecular weight is 631 g/mol. The number of piperidine rings is 1. The minimum Gasteiger partial charge on any atom is -0.488 e. The Kier molecular flexibility index (Phi) is 7.97. The van der Waals surface area contributed by atoms with E-state index in [4.69, 9.17) is 9.47 Å². The molecule has 46 heavy (non-hydrogen) atoms. The van der Waals surface area contributed by atoms with Gasteiger partial charge < -0.3 is 25.4 Å². The van der Waals surface area contributed by atoms with Gasteiger partial charge in [0.1, 0.15) is 39.6 Å². The number of urea groups is 1. The number of aryl methyl sites for hydroxylation is 1. The predicted octanol–water partition coefficient (Wildman–Crippen LogP) is 7.01. The number of hydrogen-bond donors (Lipinski definition) is 3. The van der Waals surface area contributed by atoms with Crippen molar-refractivity contribution in [3.63, 3.8) is 0 Å². The summed E-state index contributed by atoms with van der Waals surface area (Å²) in [6.45, 7) is 3.89. The number of hydrogen-bond acceptors (Lipinski definition) is 8. The first-order valence-electron chi connectivity index (χ1n) is 15.0. The summed E-state index contributed by atoms with van der Waals surface area (Å²) < 4.78 is 12.1. The van der Waals surface area contributed by atoms with Crippen LogP contribution in [0.1, 0.15) is 39.2 Å². The standard InChI is InChI=1S/C35H30N6O4S/c1-21-16-26(45-25-9-4-6-22(17-25)20-44-29-10-3-2-7-23(29)18-36)11-12-27(21)41-28-13-15-38-34-30(28)31(40-35(41)43)32(46-34)33(42)39-24-8-5-14-37-19-24/h2-4,6-7,9-13,15-17,24,37H,5,8,14,19-20H2,1H3,(H,39,42)(H,40,43). The third-order valence-corrected chi connectivity index (χ3v) is 9.13. The highest BCUT2D eigenvalue weighted by atomic mass is 32.1. The SMILES string of the molecule is Cc1cc(Oc2cccc(COc3ccccc3C#N)c2)ccc1N1C(=O)Nc2c(C(=O)NC3CCCNC3)sc3nccc1c23. The van der Waals surface area contributed by atoms with Crippen LogP contribution >= 0.6 is 11.3 Å². The number of rotatable bonds is 8. The fourth-order valence-corrected chi connectivity index (χ4v) is 6.85. The first kappa shape index (κ1) is 29.3. The summed E-state index contributed by atoms with van der Waals surface area (Å²) in [6.07, 6.45) is 3.59. The van der Waals surface area contributed by atoms with Crippen molar-refractivity contribution in [2.45, 2.75) is 32.4 Å². The molecule has 10 nitrogen and oxygen atoms in total. The van der Waals surface area contributed by atoms with Gasteiger partial charge in [-0.1, -0.05) is 24.3 Å². The van der Waals surface area contributed by atoms with E-state index < -0.39 is 0 Å². The first-order chi connectivity index (χ1) is 22.5. The lowest BCUT2D eigenvalue weighted by molar-refractivity contribution is 0.0935. The molecule has 0 aliphatic carbocycles. The second kappa shape index (κ2) is 12.5. The van der Waals surface area contributed by atoms with Crippen molar-refractivity contribution in [3.8, 4) is 23.3 Å². The number of anilines is 3.